The topological polar surface area (TPSA) is 17.1 Å². The molecule has 1 heteroatoms. The molecule has 0 bridgehead atoms. The summed E-state index contributed by atoms with van der Waals surface area (Å²) in [7, 11) is 0. The van der Waals surface area contributed by atoms with Gasteiger partial charge in [0.05, 0.1) is 0 Å². The average molecular weight is 274 g/mol. The minimum absolute atomic E-state index is 0.489. The van der Waals surface area contributed by atoms with Gasteiger partial charge < -0.3 is 0 Å². The zero-order valence-corrected chi connectivity index (χ0v) is 13.5. The van der Waals surface area contributed by atoms with Crippen LogP contribution in [0.2, 0.25) is 0 Å². The third-order valence-corrected chi connectivity index (χ3v) is 6.97. The molecule has 1 nitrogen and oxygen atoms in total. The van der Waals surface area contributed by atoms with Gasteiger partial charge in [0.1, 0.15) is 5.78 Å². The normalized spacial score (nSPS) is 41.4. The molecule has 3 aliphatic carbocycles. The molecule has 4 atom stereocenters. The highest BCUT2D eigenvalue weighted by Gasteiger charge is 2.47. The van der Waals surface area contributed by atoms with E-state index >= 15 is 0 Å². The van der Waals surface area contributed by atoms with E-state index in [2.05, 4.69) is 20.8 Å². The summed E-state index contributed by atoms with van der Waals surface area (Å²) in [4.78, 5) is 11.7. The van der Waals surface area contributed by atoms with Gasteiger partial charge >= 0.3 is 0 Å². The molecule has 0 aromatic heterocycles. The Morgan fingerprint density at radius 1 is 1.15 bits per heavy atom. The molecular formula is C19H30O. The Kier molecular flexibility index (Phi) is 3.81. The van der Waals surface area contributed by atoms with Crippen molar-refractivity contribution in [1.82, 2.24) is 0 Å². The Morgan fingerprint density at radius 3 is 2.65 bits per heavy atom. The van der Waals surface area contributed by atoms with Gasteiger partial charge in [-0.15, -0.1) is 0 Å². The molecule has 1 saturated carbocycles. The molecule has 0 aromatic carbocycles. The number of ketones is 1. The van der Waals surface area contributed by atoms with Gasteiger partial charge in [-0.05, 0) is 55.3 Å². The van der Waals surface area contributed by atoms with E-state index in [4.69, 9.17) is 0 Å². The summed E-state index contributed by atoms with van der Waals surface area (Å²) >= 11 is 0. The zero-order chi connectivity index (χ0) is 14.3. The lowest BCUT2D eigenvalue weighted by Crippen LogP contribution is -2.43. The summed E-state index contributed by atoms with van der Waals surface area (Å²) in [6.45, 7) is 7.32. The number of hydrogen-bond acceptors (Lipinski definition) is 1. The maximum Gasteiger partial charge on any atom is 0.137 e. The second-order valence-corrected chi connectivity index (χ2v) is 7.71. The minimum atomic E-state index is 0.489. The van der Waals surface area contributed by atoms with Crippen molar-refractivity contribution in [3.8, 4) is 0 Å². The van der Waals surface area contributed by atoms with Crippen molar-refractivity contribution in [2.75, 3.05) is 0 Å². The first-order valence-corrected chi connectivity index (χ1v) is 8.81. The van der Waals surface area contributed by atoms with E-state index < -0.39 is 0 Å². The van der Waals surface area contributed by atoms with E-state index in [9.17, 15) is 4.79 Å². The smallest absolute Gasteiger partial charge is 0.137 e. The highest BCUT2D eigenvalue weighted by atomic mass is 16.1. The van der Waals surface area contributed by atoms with Crippen molar-refractivity contribution in [2.45, 2.75) is 78.6 Å². The molecule has 112 valence electrons. The zero-order valence-electron chi connectivity index (χ0n) is 13.5. The Labute approximate surface area is 124 Å². The Balaban J connectivity index is 1.89. The maximum absolute atomic E-state index is 11.7. The van der Waals surface area contributed by atoms with E-state index in [1.54, 1.807) is 11.1 Å². The van der Waals surface area contributed by atoms with Crippen LogP contribution in [-0.4, -0.2) is 5.78 Å². The van der Waals surface area contributed by atoms with Gasteiger partial charge in [0, 0.05) is 12.8 Å². The van der Waals surface area contributed by atoms with Crippen LogP contribution in [0.3, 0.4) is 0 Å². The van der Waals surface area contributed by atoms with Gasteiger partial charge in [-0.2, -0.15) is 0 Å². The number of carbonyl (C=O) groups excluding carboxylic acids is 1. The fraction of sp³-hybridized carbons (Fsp3) is 0.842. The van der Waals surface area contributed by atoms with Crippen LogP contribution < -0.4 is 0 Å². The van der Waals surface area contributed by atoms with Crippen molar-refractivity contribution >= 4 is 5.78 Å². The van der Waals surface area contributed by atoms with Crippen LogP contribution in [-0.2, 0) is 4.79 Å². The highest BCUT2D eigenvalue weighted by Crippen LogP contribution is 2.57. The number of rotatable bonds is 2. The lowest BCUT2D eigenvalue weighted by atomic mass is 9.52. The molecule has 0 unspecified atom stereocenters. The first kappa shape index (κ1) is 14.4. The molecule has 0 heterocycles. The van der Waals surface area contributed by atoms with Crippen LogP contribution in [0.15, 0.2) is 11.1 Å². The van der Waals surface area contributed by atoms with Gasteiger partial charge in [-0.1, -0.05) is 44.8 Å². The van der Waals surface area contributed by atoms with E-state index in [0.717, 1.165) is 37.0 Å². The summed E-state index contributed by atoms with van der Waals surface area (Å²) in [5.74, 6) is 3.13. The standard InChI is InChI=1S/C19H30O/c1-4-18-17-8-6-13-12-14(20)7-9-15(13)16(17)10-11-19(18,3)5-2/h16-18H,4-12H2,1-3H3/t16-,17-,18+,19-/m1/s1. The molecule has 0 N–H and O–H groups in total. The lowest BCUT2D eigenvalue weighted by molar-refractivity contribution is -0.119. The predicted octanol–water partition coefficient (Wildman–Crippen LogP) is 5.30. The summed E-state index contributed by atoms with van der Waals surface area (Å²) in [5.41, 5.74) is 3.85. The van der Waals surface area contributed by atoms with Crippen LogP contribution in [0.4, 0.5) is 0 Å². The van der Waals surface area contributed by atoms with E-state index in [1.165, 1.54) is 38.5 Å². The molecule has 1 fully saturated rings. The van der Waals surface area contributed by atoms with Crippen molar-refractivity contribution in [1.29, 1.82) is 0 Å². The van der Waals surface area contributed by atoms with Gasteiger partial charge in [-0.25, -0.2) is 0 Å². The Hall–Kier alpha value is -0.590. The summed E-state index contributed by atoms with van der Waals surface area (Å²) in [5, 5.41) is 0. The van der Waals surface area contributed by atoms with Crippen molar-refractivity contribution in [3.63, 3.8) is 0 Å². The average Bonchev–Trinajstić information content (AvgIpc) is 2.46. The van der Waals surface area contributed by atoms with Crippen LogP contribution >= 0.6 is 0 Å². The van der Waals surface area contributed by atoms with Gasteiger partial charge in [-0.3, -0.25) is 4.79 Å². The monoisotopic (exact) mass is 274 g/mol. The number of fused-ring (bicyclic) bond motifs is 2. The van der Waals surface area contributed by atoms with Crippen LogP contribution in [0, 0.1) is 23.2 Å². The molecule has 3 aliphatic rings. The molecular weight excluding hydrogens is 244 g/mol. The number of hydrogen-bond donors (Lipinski definition) is 0. The number of Topliss-reactive ketones (excluding diaryl/α,β-unsaturated/α-hetero) is 1. The largest absolute Gasteiger partial charge is 0.299 e. The predicted molar refractivity (Wildman–Crippen MR) is 83.5 cm³/mol. The Morgan fingerprint density at radius 2 is 1.95 bits per heavy atom. The minimum Gasteiger partial charge on any atom is -0.299 e. The van der Waals surface area contributed by atoms with Gasteiger partial charge in [0.25, 0.3) is 0 Å². The highest BCUT2D eigenvalue weighted by molar-refractivity contribution is 5.82. The van der Waals surface area contributed by atoms with Gasteiger partial charge in [0.15, 0.2) is 0 Å². The van der Waals surface area contributed by atoms with Crippen molar-refractivity contribution < 1.29 is 4.79 Å². The van der Waals surface area contributed by atoms with Crippen molar-refractivity contribution in [3.05, 3.63) is 11.1 Å². The van der Waals surface area contributed by atoms with Crippen LogP contribution in [0.25, 0.3) is 0 Å². The molecule has 0 amide bonds. The fourth-order valence-electron chi connectivity index (χ4n) is 5.68. The third kappa shape index (κ3) is 2.18. The second kappa shape index (κ2) is 5.31. The first-order chi connectivity index (χ1) is 9.59. The van der Waals surface area contributed by atoms with Crippen molar-refractivity contribution in [2.24, 2.45) is 23.2 Å². The van der Waals surface area contributed by atoms with E-state index in [1.807, 2.05) is 0 Å². The quantitative estimate of drug-likeness (QED) is 0.625. The fourth-order valence-corrected chi connectivity index (χ4v) is 5.68. The lowest BCUT2D eigenvalue weighted by Gasteiger charge is -2.53. The third-order valence-electron chi connectivity index (χ3n) is 6.97. The molecule has 0 aromatic rings. The number of allylic oxidation sites excluding steroid dienone is 2. The second-order valence-electron chi connectivity index (χ2n) is 7.71. The number of carbonyl (C=O) groups is 1. The van der Waals surface area contributed by atoms with Crippen LogP contribution in [0.5, 0.6) is 0 Å². The van der Waals surface area contributed by atoms with Crippen LogP contribution in [0.1, 0.15) is 78.6 Å². The molecule has 3 rings (SSSR count). The summed E-state index contributed by atoms with van der Waals surface area (Å²) < 4.78 is 0. The summed E-state index contributed by atoms with van der Waals surface area (Å²) in [6, 6.07) is 0. The summed E-state index contributed by atoms with van der Waals surface area (Å²) in [6.07, 6.45) is 10.7. The SMILES string of the molecule is CC[C@H]1[C@@H]2CCC3=C(CCC(=O)C3)[C@H]2CC[C@@]1(C)CC. The maximum atomic E-state index is 11.7. The molecule has 0 spiro atoms. The molecule has 0 radical (unpaired) electrons. The van der Waals surface area contributed by atoms with E-state index in [-0.39, 0.29) is 0 Å². The van der Waals surface area contributed by atoms with Gasteiger partial charge in [0.2, 0.25) is 0 Å². The molecule has 0 aliphatic heterocycles. The first-order valence-electron chi connectivity index (χ1n) is 8.81. The molecule has 0 saturated heterocycles. The molecule has 20 heavy (non-hydrogen) atoms. The van der Waals surface area contributed by atoms with E-state index in [0.29, 0.717) is 11.2 Å². The Bertz CT molecular complexity index is 433.